The minimum atomic E-state index is -2.63. The van der Waals surface area contributed by atoms with Gasteiger partial charge in [0.2, 0.25) is 0 Å². The molecule has 2 aromatic rings. The molecular weight excluding hydrogens is 388 g/mol. The van der Waals surface area contributed by atoms with Gasteiger partial charge >= 0.3 is 5.97 Å². The molecule has 1 atom stereocenters. The van der Waals surface area contributed by atoms with Crippen molar-refractivity contribution in [2.75, 3.05) is 6.61 Å². The van der Waals surface area contributed by atoms with Crippen LogP contribution in [0, 0.1) is 5.92 Å². The Balaban J connectivity index is 2.38. The molecule has 0 radical (unpaired) electrons. The summed E-state index contributed by atoms with van der Waals surface area (Å²) in [6.45, 7) is 16.8. The van der Waals surface area contributed by atoms with Crippen molar-refractivity contribution in [1.29, 1.82) is 0 Å². The third-order valence-corrected chi connectivity index (χ3v) is 10.1. The molecule has 0 saturated carbocycles. The maximum atomic E-state index is 12.4. The normalized spacial score (nSPS) is 13.5. The van der Waals surface area contributed by atoms with Crippen LogP contribution in [0.2, 0.25) is 5.04 Å². The summed E-state index contributed by atoms with van der Waals surface area (Å²) in [7, 11) is -2.63. The molecule has 0 unspecified atom stereocenters. The van der Waals surface area contributed by atoms with Gasteiger partial charge in [-0.2, -0.15) is 0 Å². The summed E-state index contributed by atoms with van der Waals surface area (Å²) in [4.78, 5) is 12.4. The first-order valence-electron chi connectivity index (χ1n) is 10.6. The SMILES string of the molecule is C=C[C@H](CO[Si](c1ccccc1)(c1ccccc1)C(C)(C)C)CC(=O)OC(C)(C)C. The lowest BCUT2D eigenvalue weighted by Gasteiger charge is -2.43. The van der Waals surface area contributed by atoms with Gasteiger partial charge in [-0.15, -0.1) is 6.58 Å². The zero-order chi connectivity index (χ0) is 22.4. The molecule has 0 aromatic heterocycles. The number of hydrogen-bond acceptors (Lipinski definition) is 3. The summed E-state index contributed by atoms with van der Waals surface area (Å²) in [5.74, 6) is -0.333. The van der Waals surface area contributed by atoms with Crippen LogP contribution in [0.15, 0.2) is 73.3 Å². The third kappa shape index (κ3) is 5.93. The minimum Gasteiger partial charge on any atom is -0.460 e. The van der Waals surface area contributed by atoms with Crippen LogP contribution in [-0.4, -0.2) is 26.5 Å². The Morgan fingerprint density at radius 2 is 1.40 bits per heavy atom. The van der Waals surface area contributed by atoms with E-state index >= 15 is 0 Å². The van der Waals surface area contributed by atoms with Gasteiger partial charge in [-0.25, -0.2) is 0 Å². The fourth-order valence-corrected chi connectivity index (χ4v) is 8.42. The van der Waals surface area contributed by atoms with Crippen LogP contribution in [0.3, 0.4) is 0 Å². The van der Waals surface area contributed by atoms with E-state index in [1.165, 1.54) is 10.4 Å². The van der Waals surface area contributed by atoms with E-state index in [-0.39, 0.29) is 23.3 Å². The molecule has 0 amide bonds. The molecule has 4 heteroatoms. The Morgan fingerprint density at radius 3 is 1.77 bits per heavy atom. The maximum Gasteiger partial charge on any atom is 0.306 e. The van der Waals surface area contributed by atoms with Crippen molar-refractivity contribution >= 4 is 24.7 Å². The first-order chi connectivity index (χ1) is 14.0. The first kappa shape index (κ1) is 24.1. The highest BCUT2D eigenvalue weighted by Crippen LogP contribution is 2.37. The highest BCUT2D eigenvalue weighted by molar-refractivity contribution is 6.99. The fourth-order valence-electron chi connectivity index (χ4n) is 3.80. The molecule has 2 aromatic carbocycles. The third-order valence-electron chi connectivity index (χ3n) is 5.11. The van der Waals surface area contributed by atoms with Crippen LogP contribution in [0.25, 0.3) is 0 Å². The Morgan fingerprint density at radius 1 is 0.933 bits per heavy atom. The van der Waals surface area contributed by atoms with Crippen LogP contribution < -0.4 is 10.4 Å². The fraction of sp³-hybridized carbons (Fsp3) is 0.423. The van der Waals surface area contributed by atoms with Crippen LogP contribution in [0.5, 0.6) is 0 Å². The molecule has 0 fully saturated rings. The van der Waals surface area contributed by atoms with Crippen LogP contribution in [-0.2, 0) is 14.0 Å². The van der Waals surface area contributed by atoms with Crippen molar-refractivity contribution in [2.45, 2.75) is 58.6 Å². The average molecular weight is 425 g/mol. The van der Waals surface area contributed by atoms with Gasteiger partial charge in [0.1, 0.15) is 5.60 Å². The first-order valence-corrected chi connectivity index (χ1v) is 12.5. The standard InChI is InChI=1S/C26H36O3Si/c1-8-21(19-24(27)29-25(2,3)4)20-28-30(26(5,6)7,22-15-11-9-12-16-22)23-17-13-10-14-18-23/h8-18,21H,1,19-20H2,2-7H3/t21-/m0/s1. The van der Waals surface area contributed by atoms with Crippen molar-refractivity contribution in [3.63, 3.8) is 0 Å². The molecule has 0 aliphatic rings. The maximum absolute atomic E-state index is 12.4. The molecule has 0 saturated heterocycles. The van der Waals surface area contributed by atoms with Gasteiger partial charge in [0.05, 0.1) is 6.42 Å². The highest BCUT2D eigenvalue weighted by Gasteiger charge is 2.50. The molecule has 30 heavy (non-hydrogen) atoms. The number of hydrogen-bond donors (Lipinski definition) is 0. The molecule has 0 bridgehead atoms. The number of esters is 1. The Bertz CT molecular complexity index is 777. The molecule has 162 valence electrons. The van der Waals surface area contributed by atoms with E-state index in [0.29, 0.717) is 6.61 Å². The van der Waals surface area contributed by atoms with Gasteiger partial charge in [0.15, 0.2) is 0 Å². The van der Waals surface area contributed by atoms with Gasteiger partial charge in [0.25, 0.3) is 8.32 Å². The molecule has 2 rings (SSSR count). The zero-order valence-electron chi connectivity index (χ0n) is 19.3. The molecule has 3 nitrogen and oxygen atoms in total. The minimum absolute atomic E-state index is 0.104. The van der Waals surface area contributed by atoms with Crippen LogP contribution >= 0.6 is 0 Å². The monoisotopic (exact) mass is 424 g/mol. The predicted octanol–water partition coefficient (Wildman–Crippen LogP) is 5.10. The number of ether oxygens (including phenoxy) is 1. The van der Waals surface area contributed by atoms with E-state index in [9.17, 15) is 4.79 Å². The van der Waals surface area contributed by atoms with E-state index in [4.69, 9.17) is 9.16 Å². The molecule has 0 aliphatic heterocycles. The van der Waals surface area contributed by atoms with Crippen molar-refractivity contribution in [2.24, 2.45) is 5.92 Å². The quantitative estimate of drug-likeness (QED) is 0.336. The largest absolute Gasteiger partial charge is 0.460 e. The van der Waals surface area contributed by atoms with E-state index < -0.39 is 13.9 Å². The van der Waals surface area contributed by atoms with Crippen LogP contribution in [0.4, 0.5) is 0 Å². The van der Waals surface area contributed by atoms with E-state index in [1.807, 2.05) is 39.0 Å². The molecule has 0 spiro atoms. The van der Waals surface area contributed by atoms with Crippen molar-refractivity contribution in [3.05, 3.63) is 73.3 Å². The number of carbonyl (C=O) groups excluding carboxylic acids is 1. The van der Waals surface area contributed by atoms with Crippen molar-refractivity contribution < 1.29 is 14.0 Å². The second-order valence-electron chi connectivity index (χ2n) is 9.76. The summed E-state index contributed by atoms with van der Waals surface area (Å²) in [6.07, 6.45) is 2.07. The Kier molecular flexibility index (Phi) is 7.84. The van der Waals surface area contributed by atoms with Crippen molar-refractivity contribution in [1.82, 2.24) is 0 Å². The molecule has 0 aliphatic carbocycles. The number of benzene rings is 2. The summed E-state index contributed by atoms with van der Waals surface area (Å²) in [5, 5.41) is 2.35. The van der Waals surface area contributed by atoms with Gasteiger partial charge in [-0.05, 0) is 36.2 Å². The lowest BCUT2D eigenvalue weighted by molar-refractivity contribution is -0.155. The van der Waals surface area contributed by atoms with Gasteiger partial charge < -0.3 is 9.16 Å². The Hall–Kier alpha value is -2.17. The van der Waals surface area contributed by atoms with Gasteiger partial charge in [-0.3, -0.25) is 4.79 Å². The van der Waals surface area contributed by atoms with E-state index in [1.54, 1.807) is 0 Å². The second-order valence-corrected chi connectivity index (χ2v) is 14.1. The summed E-state index contributed by atoms with van der Waals surface area (Å²) in [6, 6.07) is 21.0. The van der Waals surface area contributed by atoms with E-state index in [2.05, 4.69) is 75.9 Å². The van der Waals surface area contributed by atoms with Gasteiger partial charge in [-0.1, -0.05) is 87.5 Å². The number of rotatable bonds is 8. The number of carbonyl (C=O) groups is 1. The predicted molar refractivity (Wildman–Crippen MR) is 128 cm³/mol. The second kappa shape index (κ2) is 9.76. The molecular formula is C26H36O3Si. The summed E-state index contributed by atoms with van der Waals surface area (Å²) < 4.78 is 12.4. The van der Waals surface area contributed by atoms with Crippen molar-refractivity contribution in [3.8, 4) is 0 Å². The lowest BCUT2D eigenvalue weighted by Crippen LogP contribution is -2.66. The molecule has 0 heterocycles. The lowest BCUT2D eigenvalue weighted by atomic mass is 10.1. The summed E-state index contributed by atoms with van der Waals surface area (Å²) >= 11 is 0. The zero-order valence-corrected chi connectivity index (χ0v) is 20.3. The van der Waals surface area contributed by atoms with Gasteiger partial charge in [0, 0.05) is 12.5 Å². The molecule has 0 N–H and O–H groups in total. The summed E-state index contributed by atoms with van der Waals surface area (Å²) in [5.41, 5.74) is -0.498. The van der Waals surface area contributed by atoms with E-state index in [0.717, 1.165) is 0 Å². The smallest absolute Gasteiger partial charge is 0.306 e. The average Bonchev–Trinajstić information content (AvgIpc) is 2.66. The van der Waals surface area contributed by atoms with Crippen LogP contribution in [0.1, 0.15) is 48.0 Å². The Labute approximate surface area is 183 Å². The topological polar surface area (TPSA) is 35.5 Å². The highest BCUT2D eigenvalue weighted by atomic mass is 28.4.